The van der Waals surface area contributed by atoms with Gasteiger partial charge in [0.2, 0.25) is 19.5 Å². The van der Waals surface area contributed by atoms with Gasteiger partial charge in [0, 0.05) is 0 Å². The van der Waals surface area contributed by atoms with E-state index in [1.165, 1.54) is 10.9 Å². The number of rotatable bonds is 13. The summed E-state index contributed by atoms with van der Waals surface area (Å²) in [4.78, 5) is 45.4. The van der Waals surface area contributed by atoms with Crippen LogP contribution in [0, 0.1) is 0 Å². The predicted molar refractivity (Wildman–Crippen MR) is 123 cm³/mol. The number of nitrogen functional groups attached to an aromatic ring is 1. The summed E-state index contributed by atoms with van der Waals surface area (Å²) in [5.74, 6) is -0.0823. The molecule has 0 radical (unpaired) electrons. The highest BCUT2D eigenvalue weighted by atomic mass is 31.2. The normalized spacial score (nSPS) is 12.6. The number of anilines is 1. The number of fused-ring (bicyclic) bond motifs is 1. The lowest BCUT2D eigenvalue weighted by atomic mass is 10.4. The van der Waals surface area contributed by atoms with Gasteiger partial charge in [0.15, 0.2) is 11.2 Å². The van der Waals surface area contributed by atoms with E-state index in [0.29, 0.717) is 0 Å². The van der Waals surface area contributed by atoms with Crippen molar-refractivity contribution in [3.8, 4) is 0 Å². The van der Waals surface area contributed by atoms with Gasteiger partial charge in [-0.15, -0.1) is 0 Å². The molecule has 0 aromatic carbocycles. The van der Waals surface area contributed by atoms with Crippen molar-refractivity contribution in [2.75, 3.05) is 25.7 Å². The van der Waals surface area contributed by atoms with Crippen molar-refractivity contribution >= 4 is 37.0 Å². The number of nitrogens with two attached hydrogens (primary N) is 1. The maximum absolute atomic E-state index is 13.1. The zero-order valence-electron chi connectivity index (χ0n) is 20.5. The Hall–Kier alpha value is -3.20. The Morgan fingerprint density at radius 1 is 1.06 bits per heavy atom. The highest BCUT2D eigenvalue weighted by molar-refractivity contribution is 7.53. The molecule has 0 amide bonds. The molecule has 0 spiro atoms. The average molecular weight is 535 g/mol. The molecule has 2 rings (SSSR count). The van der Waals surface area contributed by atoms with Gasteiger partial charge in [0.25, 0.3) is 5.56 Å². The molecule has 0 saturated heterocycles. The first kappa shape index (κ1) is 29.0. The van der Waals surface area contributed by atoms with Gasteiger partial charge in [-0.1, -0.05) is 0 Å². The fraction of sp³-hybridized carbons (Fsp3) is 0.632. The molecular formula is C19H30N5O11P. The molecule has 0 aliphatic heterocycles. The van der Waals surface area contributed by atoms with Crippen LogP contribution in [0.25, 0.3) is 11.2 Å². The molecule has 0 fully saturated rings. The molecule has 3 N–H and O–H groups in total. The Bertz CT molecular complexity index is 1100. The molecule has 16 nitrogen and oxygen atoms in total. The maximum Gasteiger partial charge on any atom is 0.510 e. The fourth-order valence-electron chi connectivity index (χ4n) is 2.53. The molecule has 2 aromatic rings. The van der Waals surface area contributed by atoms with Gasteiger partial charge < -0.3 is 34.0 Å². The summed E-state index contributed by atoms with van der Waals surface area (Å²) in [6, 6.07) is 0. The zero-order valence-corrected chi connectivity index (χ0v) is 21.4. The third-order valence-electron chi connectivity index (χ3n) is 3.98. The number of carbonyl (C=O) groups is 2. The van der Waals surface area contributed by atoms with Gasteiger partial charge in [-0.2, -0.15) is 4.98 Å². The molecule has 0 aliphatic rings. The van der Waals surface area contributed by atoms with Crippen LogP contribution in [0.5, 0.6) is 0 Å². The van der Waals surface area contributed by atoms with Crippen LogP contribution in [0.2, 0.25) is 0 Å². The molecule has 1 atom stereocenters. The van der Waals surface area contributed by atoms with Crippen molar-refractivity contribution in [2.24, 2.45) is 0 Å². The number of nitrogens with zero attached hydrogens (tertiary/aromatic N) is 3. The Morgan fingerprint density at radius 3 is 2.14 bits per heavy atom. The highest BCUT2D eigenvalue weighted by Crippen LogP contribution is 2.48. The van der Waals surface area contributed by atoms with Crippen molar-refractivity contribution < 1.29 is 46.9 Å². The van der Waals surface area contributed by atoms with E-state index in [-0.39, 0.29) is 23.7 Å². The summed E-state index contributed by atoms with van der Waals surface area (Å²) in [6.07, 6.45) is -2.82. The summed E-state index contributed by atoms with van der Waals surface area (Å²) in [5, 5.41) is 0. The zero-order chi connectivity index (χ0) is 26.9. The highest BCUT2D eigenvalue weighted by Gasteiger charge is 2.29. The Kier molecular flexibility index (Phi) is 10.6. The molecule has 0 aliphatic carbocycles. The van der Waals surface area contributed by atoms with Crippen molar-refractivity contribution in [1.82, 2.24) is 19.5 Å². The molecule has 0 bridgehead atoms. The van der Waals surface area contributed by atoms with E-state index >= 15 is 0 Å². The second kappa shape index (κ2) is 13.2. The van der Waals surface area contributed by atoms with Crippen LogP contribution in [-0.2, 0) is 43.8 Å². The molecular weight excluding hydrogens is 505 g/mol. The van der Waals surface area contributed by atoms with Gasteiger partial charge in [-0.05, 0) is 34.6 Å². The first-order valence-corrected chi connectivity index (χ1v) is 12.5. The largest absolute Gasteiger partial charge is 0.510 e. The Balaban J connectivity index is 1.99. The molecule has 0 unspecified atom stereocenters. The van der Waals surface area contributed by atoms with Crippen LogP contribution in [0.15, 0.2) is 11.1 Å². The summed E-state index contributed by atoms with van der Waals surface area (Å²) in [6.45, 7) is 6.67. The van der Waals surface area contributed by atoms with Crippen LogP contribution in [0.3, 0.4) is 0 Å². The third kappa shape index (κ3) is 9.45. The summed E-state index contributed by atoms with van der Waals surface area (Å²) < 4.78 is 49.4. The SMILES string of the molecule is CC(C)OC(=O)OCOP(=O)(CO[C@H](C)Cn1cnc2c(=O)[nH]c(N)nc21)OCOC(=O)OC(C)C. The standard InChI is InChI=1S/C19H30N5O11P/c1-11(2)34-18(26)29-8-32-36(28,33-9-30-19(27)35-12(3)4)10-31-13(5)6-24-7-21-14-15(24)22-17(20)23-16(14)25/h7,11-13H,6,8-10H2,1-5H3,(H3,20,22,23,25)/t13-/m1/s1. The van der Waals surface area contributed by atoms with E-state index in [1.54, 1.807) is 34.6 Å². The van der Waals surface area contributed by atoms with Gasteiger partial charge in [0.1, 0.15) is 6.35 Å². The van der Waals surface area contributed by atoms with E-state index in [1.807, 2.05) is 0 Å². The third-order valence-corrected chi connectivity index (χ3v) is 5.44. The van der Waals surface area contributed by atoms with Gasteiger partial charge in [0.05, 0.1) is 31.2 Å². The van der Waals surface area contributed by atoms with Gasteiger partial charge in [-0.3, -0.25) is 23.4 Å². The van der Waals surface area contributed by atoms with Crippen LogP contribution >= 0.6 is 7.60 Å². The van der Waals surface area contributed by atoms with Crippen molar-refractivity contribution in [2.45, 2.75) is 59.5 Å². The van der Waals surface area contributed by atoms with E-state index in [2.05, 4.69) is 15.0 Å². The first-order chi connectivity index (χ1) is 16.9. The molecule has 17 heteroatoms. The summed E-state index contributed by atoms with van der Waals surface area (Å²) >= 11 is 0. The monoisotopic (exact) mass is 535 g/mol. The minimum absolute atomic E-state index is 0.0823. The molecule has 36 heavy (non-hydrogen) atoms. The van der Waals surface area contributed by atoms with E-state index in [4.69, 9.17) is 38.5 Å². The number of aromatic amines is 1. The summed E-state index contributed by atoms with van der Waals surface area (Å²) in [5.41, 5.74) is 5.41. The summed E-state index contributed by atoms with van der Waals surface area (Å²) in [7, 11) is -4.11. The lowest BCUT2D eigenvalue weighted by molar-refractivity contribution is -0.0369. The Morgan fingerprint density at radius 2 is 1.61 bits per heavy atom. The van der Waals surface area contributed by atoms with Crippen molar-refractivity contribution in [1.29, 1.82) is 0 Å². The smallest absolute Gasteiger partial charge is 0.432 e. The first-order valence-electron chi connectivity index (χ1n) is 10.8. The number of nitrogens with one attached hydrogen (secondary N) is 1. The van der Waals surface area contributed by atoms with E-state index < -0.39 is 63.7 Å². The number of imidazole rings is 1. The van der Waals surface area contributed by atoms with Crippen molar-refractivity contribution in [3.63, 3.8) is 0 Å². The van der Waals surface area contributed by atoms with Crippen LogP contribution in [0.1, 0.15) is 34.6 Å². The van der Waals surface area contributed by atoms with Gasteiger partial charge >= 0.3 is 19.9 Å². The van der Waals surface area contributed by atoms with Crippen LogP contribution < -0.4 is 11.3 Å². The van der Waals surface area contributed by atoms with E-state index in [9.17, 15) is 18.9 Å². The topological polar surface area (TPSA) is 205 Å². The lowest BCUT2D eigenvalue weighted by Crippen LogP contribution is -2.20. The minimum atomic E-state index is -4.11. The van der Waals surface area contributed by atoms with Crippen LogP contribution in [-0.4, -0.2) is 70.1 Å². The number of aromatic nitrogens is 4. The van der Waals surface area contributed by atoms with Crippen molar-refractivity contribution in [3.05, 3.63) is 16.7 Å². The lowest BCUT2D eigenvalue weighted by Gasteiger charge is -2.21. The maximum atomic E-state index is 13.1. The average Bonchev–Trinajstić information content (AvgIpc) is 3.14. The number of carbonyl (C=O) groups excluding carboxylic acids is 2. The number of hydrogen-bond acceptors (Lipinski definition) is 14. The van der Waals surface area contributed by atoms with E-state index in [0.717, 1.165) is 0 Å². The predicted octanol–water partition coefficient (Wildman–Crippen LogP) is 2.33. The second-order valence-electron chi connectivity index (χ2n) is 7.85. The number of H-pyrrole nitrogens is 1. The second-order valence-corrected chi connectivity index (χ2v) is 9.85. The van der Waals surface area contributed by atoms with Crippen LogP contribution in [0.4, 0.5) is 15.5 Å². The molecule has 2 heterocycles. The molecule has 202 valence electrons. The van der Waals surface area contributed by atoms with Gasteiger partial charge in [-0.25, -0.2) is 14.6 Å². The number of hydrogen-bond donors (Lipinski definition) is 2. The minimum Gasteiger partial charge on any atom is -0.432 e. The molecule has 0 saturated carbocycles. The number of ether oxygens (including phenoxy) is 5. The fourth-order valence-corrected chi connectivity index (χ4v) is 3.61. The Labute approximate surface area is 205 Å². The molecule has 2 aromatic heterocycles. The quantitative estimate of drug-likeness (QED) is 0.214.